The molecule has 1 N–H and O–H groups in total. The number of hydrogen-bond donors (Lipinski definition) is 1. The fourth-order valence-corrected chi connectivity index (χ4v) is 2.05. The summed E-state index contributed by atoms with van der Waals surface area (Å²) in [5, 5.41) is 3.37. The summed E-state index contributed by atoms with van der Waals surface area (Å²) >= 11 is 3.57. The van der Waals surface area contributed by atoms with Crippen molar-refractivity contribution in [3.63, 3.8) is 0 Å². The molecule has 0 aliphatic carbocycles. The second-order valence-corrected chi connectivity index (χ2v) is 5.62. The molecule has 0 aliphatic rings. The Morgan fingerprint density at radius 1 is 1.39 bits per heavy atom. The standard InChI is InChI=1S/C14H22BrN3/c1-11(2)9-17-14(16-3)18(4)10-12-7-5-6-8-13(12)15/h5-8,11H,9-10H2,1-4H3,(H,16,17). The van der Waals surface area contributed by atoms with Crippen LogP contribution in [-0.2, 0) is 6.54 Å². The maximum absolute atomic E-state index is 4.30. The van der Waals surface area contributed by atoms with Gasteiger partial charge in [0, 0.05) is 31.7 Å². The fraction of sp³-hybridized carbons (Fsp3) is 0.500. The highest BCUT2D eigenvalue weighted by atomic mass is 79.9. The highest BCUT2D eigenvalue weighted by molar-refractivity contribution is 9.10. The first-order valence-corrected chi connectivity index (χ1v) is 6.99. The molecule has 0 fully saturated rings. The summed E-state index contributed by atoms with van der Waals surface area (Å²) in [6.45, 7) is 6.15. The number of aliphatic imine (C=N–C) groups is 1. The molecule has 3 nitrogen and oxygen atoms in total. The number of benzene rings is 1. The van der Waals surface area contributed by atoms with E-state index in [9.17, 15) is 0 Å². The Balaban J connectivity index is 2.63. The summed E-state index contributed by atoms with van der Waals surface area (Å²) < 4.78 is 1.14. The Bertz CT molecular complexity index is 402. The summed E-state index contributed by atoms with van der Waals surface area (Å²) in [6, 6.07) is 8.27. The molecule has 100 valence electrons. The zero-order valence-electron chi connectivity index (χ0n) is 11.6. The van der Waals surface area contributed by atoms with Crippen LogP contribution in [0.15, 0.2) is 33.7 Å². The number of nitrogens with zero attached hydrogens (tertiary/aromatic N) is 2. The van der Waals surface area contributed by atoms with Gasteiger partial charge in [0.2, 0.25) is 0 Å². The van der Waals surface area contributed by atoms with Gasteiger partial charge in [-0.15, -0.1) is 0 Å². The summed E-state index contributed by atoms with van der Waals surface area (Å²) in [5.41, 5.74) is 1.26. The molecule has 0 bridgehead atoms. The number of nitrogens with one attached hydrogen (secondary N) is 1. The molecule has 0 heterocycles. The molecule has 0 spiro atoms. The van der Waals surface area contributed by atoms with Gasteiger partial charge >= 0.3 is 0 Å². The first-order chi connectivity index (χ1) is 8.54. The van der Waals surface area contributed by atoms with Crippen molar-refractivity contribution in [3.8, 4) is 0 Å². The minimum Gasteiger partial charge on any atom is -0.356 e. The summed E-state index contributed by atoms with van der Waals surface area (Å²) in [4.78, 5) is 6.43. The second kappa shape index (κ2) is 7.41. The van der Waals surface area contributed by atoms with Crippen molar-refractivity contribution in [2.75, 3.05) is 20.6 Å². The van der Waals surface area contributed by atoms with Crippen LogP contribution in [0, 0.1) is 5.92 Å². The van der Waals surface area contributed by atoms with Crippen molar-refractivity contribution in [2.45, 2.75) is 20.4 Å². The zero-order chi connectivity index (χ0) is 13.5. The van der Waals surface area contributed by atoms with Crippen molar-refractivity contribution < 1.29 is 0 Å². The molecule has 0 unspecified atom stereocenters. The SMILES string of the molecule is CN=C(NCC(C)C)N(C)Cc1ccccc1Br. The van der Waals surface area contributed by atoms with Gasteiger partial charge in [0.1, 0.15) is 0 Å². The molecule has 4 heteroatoms. The Morgan fingerprint density at radius 3 is 2.61 bits per heavy atom. The molecule has 0 amide bonds. The van der Waals surface area contributed by atoms with E-state index >= 15 is 0 Å². The minimum atomic E-state index is 0.610. The van der Waals surface area contributed by atoms with Crippen molar-refractivity contribution in [1.82, 2.24) is 10.2 Å². The number of rotatable bonds is 4. The average Bonchev–Trinajstić information content (AvgIpc) is 2.32. The van der Waals surface area contributed by atoms with Crippen LogP contribution in [0.4, 0.5) is 0 Å². The minimum absolute atomic E-state index is 0.610. The highest BCUT2D eigenvalue weighted by Gasteiger charge is 2.08. The number of guanidine groups is 1. The maximum Gasteiger partial charge on any atom is 0.193 e. The monoisotopic (exact) mass is 311 g/mol. The molecule has 0 saturated heterocycles. The van der Waals surface area contributed by atoms with Crippen molar-refractivity contribution in [1.29, 1.82) is 0 Å². The van der Waals surface area contributed by atoms with Crippen LogP contribution in [0.2, 0.25) is 0 Å². The third-order valence-corrected chi connectivity index (χ3v) is 3.38. The lowest BCUT2D eigenvalue weighted by Gasteiger charge is -2.23. The van der Waals surface area contributed by atoms with Crippen LogP contribution < -0.4 is 5.32 Å². The number of halogens is 1. The predicted molar refractivity (Wildman–Crippen MR) is 81.8 cm³/mol. The lowest BCUT2D eigenvalue weighted by molar-refractivity contribution is 0.467. The van der Waals surface area contributed by atoms with Gasteiger partial charge in [-0.25, -0.2) is 0 Å². The Morgan fingerprint density at radius 2 is 2.06 bits per heavy atom. The molecule has 1 rings (SSSR count). The van der Waals surface area contributed by atoms with Crippen LogP contribution in [0.5, 0.6) is 0 Å². The van der Waals surface area contributed by atoms with E-state index in [0.717, 1.165) is 23.5 Å². The molecule has 0 atom stereocenters. The molecule has 1 aromatic rings. The van der Waals surface area contributed by atoms with Gasteiger partial charge in [0.05, 0.1) is 0 Å². The van der Waals surface area contributed by atoms with Crippen molar-refractivity contribution in [3.05, 3.63) is 34.3 Å². The van der Waals surface area contributed by atoms with Crippen LogP contribution in [-0.4, -0.2) is 31.5 Å². The molecule has 0 radical (unpaired) electrons. The van der Waals surface area contributed by atoms with Gasteiger partial charge in [0.25, 0.3) is 0 Å². The summed E-state index contributed by atoms with van der Waals surface area (Å²) in [5.74, 6) is 1.54. The molecular weight excluding hydrogens is 290 g/mol. The van der Waals surface area contributed by atoms with Gasteiger partial charge in [-0.05, 0) is 17.5 Å². The second-order valence-electron chi connectivity index (χ2n) is 4.77. The smallest absolute Gasteiger partial charge is 0.193 e. The van der Waals surface area contributed by atoms with E-state index < -0.39 is 0 Å². The predicted octanol–water partition coefficient (Wildman–Crippen LogP) is 3.11. The van der Waals surface area contributed by atoms with Crippen molar-refractivity contribution >= 4 is 21.9 Å². The lowest BCUT2D eigenvalue weighted by atomic mass is 10.2. The first-order valence-electron chi connectivity index (χ1n) is 6.19. The topological polar surface area (TPSA) is 27.6 Å². The average molecular weight is 312 g/mol. The Hall–Kier alpha value is -1.03. The summed E-state index contributed by atoms with van der Waals surface area (Å²) in [6.07, 6.45) is 0. The van der Waals surface area contributed by atoms with Gasteiger partial charge in [-0.3, -0.25) is 4.99 Å². The lowest BCUT2D eigenvalue weighted by Crippen LogP contribution is -2.40. The molecule has 18 heavy (non-hydrogen) atoms. The van der Waals surface area contributed by atoms with Crippen LogP contribution in [0.1, 0.15) is 19.4 Å². The van der Waals surface area contributed by atoms with E-state index in [0.29, 0.717) is 5.92 Å². The highest BCUT2D eigenvalue weighted by Crippen LogP contribution is 2.17. The first kappa shape index (κ1) is 15.0. The zero-order valence-corrected chi connectivity index (χ0v) is 13.2. The maximum atomic E-state index is 4.30. The van der Waals surface area contributed by atoms with E-state index in [1.54, 1.807) is 0 Å². The van der Waals surface area contributed by atoms with E-state index in [1.165, 1.54) is 5.56 Å². The third-order valence-electron chi connectivity index (χ3n) is 2.61. The molecule has 0 saturated carbocycles. The molecule has 0 aliphatic heterocycles. The fourth-order valence-electron chi connectivity index (χ4n) is 1.64. The van der Waals surface area contributed by atoms with Gasteiger partial charge in [-0.2, -0.15) is 0 Å². The van der Waals surface area contributed by atoms with Gasteiger partial charge in [0.15, 0.2) is 5.96 Å². The van der Waals surface area contributed by atoms with E-state index in [2.05, 4.69) is 70.2 Å². The Labute approximate surface area is 118 Å². The van der Waals surface area contributed by atoms with E-state index in [-0.39, 0.29) is 0 Å². The molecule has 0 aromatic heterocycles. The molecule has 1 aromatic carbocycles. The van der Waals surface area contributed by atoms with E-state index in [1.807, 2.05) is 13.1 Å². The van der Waals surface area contributed by atoms with Crippen LogP contribution in [0.3, 0.4) is 0 Å². The summed E-state index contributed by atoms with van der Waals surface area (Å²) in [7, 11) is 3.87. The third kappa shape index (κ3) is 4.69. The van der Waals surface area contributed by atoms with Crippen molar-refractivity contribution in [2.24, 2.45) is 10.9 Å². The Kier molecular flexibility index (Phi) is 6.19. The largest absolute Gasteiger partial charge is 0.356 e. The van der Waals surface area contributed by atoms with Crippen LogP contribution in [0.25, 0.3) is 0 Å². The van der Waals surface area contributed by atoms with Crippen LogP contribution >= 0.6 is 15.9 Å². The van der Waals surface area contributed by atoms with Gasteiger partial charge in [-0.1, -0.05) is 48.0 Å². The normalized spacial score (nSPS) is 11.8. The quantitative estimate of drug-likeness (QED) is 0.683. The number of hydrogen-bond acceptors (Lipinski definition) is 1. The molecular formula is C14H22BrN3. The van der Waals surface area contributed by atoms with Gasteiger partial charge < -0.3 is 10.2 Å². The van der Waals surface area contributed by atoms with E-state index in [4.69, 9.17) is 0 Å².